The van der Waals surface area contributed by atoms with Crippen molar-refractivity contribution in [3.05, 3.63) is 71.3 Å². The zero-order chi connectivity index (χ0) is 18.9. The van der Waals surface area contributed by atoms with Gasteiger partial charge in [-0.25, -0.2) is 0 Å². The minimum Gasteiger partial charge on any atom is -0.466 e. The largest absolute Gasteiger partial charge is 0.466 e. The fraction of sp³-hybridized carbons (Fsp3) is 0.286. The number of aryl methyl sites for hydroxylation is 1. The molecule has 2 aromatic carbocycles. The molecule has 0 spiro atoms. The van der Waals surface area contributed by atoms with Gasteiger partial charge in [-0.15, -0.1) is 0 Å². The van der Waals surface area contributed by atoms with Gasteiger partial charge in [0.05, 0.1) is 12.6 Å². The molecule has 0 aliphatic rings. The Kier molecular flexibility index (Phi) is 7.09. The highest BCUT2D eigenvalue weighted by Gasteiger charge is 2.21. The third-order valence-electron chi connectivity index (χ3n) is 3.91. The van der Waals surface area contributed by atoms with Crippen LogP contribution in [0.2, 0.25) is 0 Å². The van der Waals surface area contributed by atoms with E-state index in [1.54, 1.807) is 31.2 Å². The molecule has 0 heterocycles. The lowest BCUT2D eigenvalue weighted by molar-refractivity contribution is -0.146. The molecule has 0 saturated heterocycles. The Labute approximate surface area is 153 Å². The van der Waals surface area contributed by atoms with Crippen LogP contribution in [0.15, 0.2) is 54.6 Å². The van der Waals surface area contributed by atoms with Crippen LogP contribution in [0.3, 0.4) is 0 Å². The summed E-state index contributed by atoms with van der Waals surface area (Å²) in [5.41, 5.74) is 2.49. The van der Waals surface area contributed by atoms with Gasteiger partial charge in [0.2, 0.25) is 5.91 Å². The number of benzene rings is 2. The average Bonchev–Trinajstić information content (AvgIpc) is 2.62. The summed E-state index contributed by atoms with van der Waals surface area (Å²) in [6, 6.07) is 16.0. The summed E-state index contributed by atoms with van der Waals surface area (Å²) in [6.45, 7) is 3.87. The minimum atomic E-state index is -0.581. The van der Waals surface area contributed by atoms with Crippen molar-refractivity contribution in [3.63, 3.8) is 0 Å². The Morgan fingerprint density at radius 2 is 1.65 bits per heavy atom. The van der Waals surface area contributed by atoms with E-state index in [2.05, 4.69) is 5.32 Å². The van der Waals surface area contributed by atoms with Crippen molar-refractivity contribution < 1.29 is 19.1 Å². The molecule has 0 aliphatic heterocycles. The van der Waals surface area contributed by atoms with Gasteiger partial charge in [-0.05, 0) is 19.4 Å². The average molecular weight is 353 g/mol. The molecule has 1 atom stereocenters. The second-order valence-corrected chi connectivity index (χ2v) is 6.01. The van der Waals surface area contributed by atoms with E-state index in [0.717, 1.165) is 11.1 Å². The number of ether oxygens (including phenoxy) is 1. The summed E-state index contributed by atoms with van der Waals surface area (Å²) in [5.74, 6) is -1.12. The van der Waals surface area contributed by atoms with E-state index < -0.39 is 17.9 Å². The maximum absolute atomic E-state index is 12.6. The van der Waals surface area contributed by atoms with E-state index in [4.69, 9.17) is 4.74 Å². The third kappa shape index (κ3) is 5.84. The predicted octanol–water partition coefficient (Wildman–Crippen LogP) is 3.38. The first-order valence-corrected chi connectivity index (χ1v) is 8.59. The molecule has 2 aromatic rings. The van der Waals surface area contributed by atoms with E-state index in [1.165, 1.54) is 0 Å². The molecule has 1 amide bonds. The second kappa shape index (κ2) is 9.51. The summed E-state index contributed by atoms with van der Waals surface area (Å²) in [6.07, 6.45) is -0.253. The monoisotopic (exact) mass is 353 g/mol. The molecule has 2 rings (SSSR count). The molecule has 0 bridgehead atoms. The molecule has 1 unspecified atom stereocenters. The maximum Gasteiger partial charge on any atom is 0.315 e. The van der Waals surface area contributed by atoms with Crippen molar-refractivity contribution in [2.45, 2.75) is 32.7 Å². The van der Waals surface area contributed by atoms with Gasteiger partial charge in [0.1, 0.15) is 6.42 Å². The third-order valence-corrected chi connectivity index (χ3v) is 3.91. The van der Waals surface area contributed by atoms with E-state index >= 15 is 0 Å². The van der Waals surface area contributed by atoms with Crippen LogP contribution in [-0.2, 0) is 14.3 Å². The Morgan fingerprint density at radius 3 is 2.27 bits per heavy atom. The summed E-state index contributed by atoms with van der Waals surface area (Å²) >= 11 is 0. The molecule has 0 aliphatic carbocycles. The summed E-state index contributed by atoms with van der Waals surface area (Å²) < 4.78 is 4.80. The van der Waals surface area contributed by atoms with Crippen molar-refractivity contribution in [3.8, 4) is 0 Å². The highest BCUT2D eigenvalue weighted by molar-refractivity contribution is 5.97. The summed E-state index contributed by atoms with van der Waals surface area (Å²) in [4.78, 5) is 36.2. The normalized spacial score (nSPS) is 11.5. The van der Waals surface area contributed by atoms with Crippen LogP contribution in [0, 0.1) is 6.92 Å². The van der Waals surface area contributed by atoms with Crippen LogP contribution in [0.1, 0.15) is 47.3 Å². The van der Waals surface area contributed by atoms with Gasteiger partial charge in [-0.1, -0.05) is 60.2 Å². The number of amides is 1. The molecule has 1 N–H and O–H groups in total. The lowest BCUT2D eigenvalue weighted by Gasteiger charge is -2.19. The van der Waals surface area contributed by atoms with Gasteiger partial charge in [0.25, 0.3) is 0 Å². The van der Waals surface area contributed by atoms with Crippen LogP contribution in [0.5, 0.6) is 0 Å². The van der Waals surface area contributed by atoms with E-state index in [-0.39, 0.29) is 25.2 Å². The van der Waals surface area contributed by atoms with E-state index in [9.17, 15) is 14.4 Å². The fourth-order valence-electron chi connectivity index (χ4n) is 2.57. The minimum absolute atomic E-state index is 0.0763. The Balaban J connectivity index is 2.14. The molecule has 0 radical (unpaired) electrons. The Bertz CT molecular complexity index is 753. The molecule has 26 heavy (non-hydrogen) atoms. The zero-order valence-corrected chi connectivity index (χ0v) is 15.0. The number of carbonyl (C=O) groups is 3. The SMILES string of the molecule is CCOC(=O)CC(=O)NC(CC(=O)c1ccccc1)c1ccc(C)cc1. The second-order valence-electron chi connectivity index (χ2n) is 6.01. The molecular weight excluding hydrogens is 330 g/mol. The molecule has 0 fully saturated rings. The number of rotatable bonds is 8. The van der Waals surface area contributed by atoms with Crippen molar-refractivity contribution >= 4 is 17.7 Å². The first kappa shape index (κ1) is 19.4. The summed E-state index contributed by atoms with van der Waals surface area (Å²) in [7, 11) is 0. The van der Waals surface area contributed by atoms with Gasteiger partial charge >= 0.3 is 5.97 Å². The van der Waals surface area contributed by atoms with Crippen LogP contribution >= 0.6 is 0 Å². The van der Waals surface area contributed by atoms with Crippen LogP contribution in [0.25, 0.3) is 0 Å². The molecular formula is C21H23NO4. The number of nitrogens with one attached hydrogen (secondary N) is 1. The maximum atomic E-state index is 12.6. The van der Waals surface area contributed by atoms with Gasteiger partial charge in [0.15, 0.2) is 5.78 Å². The van der Waals surface area contributed by atoms with Crippen molar-refractivity contribution in [2.24, 2.45) is 0 Å². The van der Waals surface area contributed by atoms with Crippen molar-refractivity contribution in [1.82, 2.24) is 5.32 Å². The standard InChI is InChI=1S/C21H23NO4/c1-3-26-21(25)14-20(24)22-18(16-11-9-15(2)10-12-16)13-19(23)17-7-5-4-6-8-17/h4-12,18H,3,13-14H2,1-2H3,(H,22,24). The predicted molar refractivity (Wildman–Crippen MR) is 98.7 cm³/mol. The molecule has 0 aromatic heterocycles. The van der Waals surface area contributed by atoms with Gasteiger partial charge < -0.3 is 10.1 Å². The number of Topliss-reactive ketones (excluding diaryl/α,β-unsaturated/α-hetero) is 1. The van der Waals surface area contributed by atoms with Crippen molar-refractivity contribution in [1.29, 1.82) is 0 Å². The van der Waals surface area contributed by atoms with E-state index in [1.807, 2.05) is 37.3 Å². The number of ketones is 1. The highest BCUT2D eigenvalue weighted by Crippen LogP contribution is 2.20. The topological polar surface area (TPSA) is 72.5 Å². The first-order chi connectivity index (χ1) is 12.5. The van der Waals surface area contributed by atoms with Crippen LogP contribution < -0.4 is 5.32 Å². The number of esters is 1. The molecule has 0 saturated carbocycles. The van der Waals surface area contributed by atoms with Gasteiger partial charge in [-0.2, -0.15) is 0 Å². The fourth-order valence-corrected chi connectivity index (χ4v) is 2.57. The summed E-state index contributed by atoms with van der Waals surface area (Å²) in [5, 5.41) is 2.78. The molecule has 5 heteroatoms. The van der Waals surface area contributed by atoms with Crippen LogP contribution in [-0.4, -0.2) is 24.3 Å². The number of carbonyl (C=O) groups excluding carboxylic acids is 3. The first-order valence-electron chi connectivity index (χ1n) is 8.59. The van der Waals surface area contributed by atoms with Gasteiger partial charge in [0, 0.05) is 12.0 Å². The number of hydrogen-bond acceptors (Lipinski definition) is 4. The molecule has 136 valence electrons. The van der Waals surface area contributed by atoms with Gasteiger partial charge in [-0.3, -0.25) is 14.4 Å². The number of hydrogen-bond donors (Lipinski definition) is 1. The Morgan fingerprint density at radius 1 is 1.00 bits per heavy atom. The lowest BCUT2D eigenvalue weighted by Crippen LogP contribution is -2.32. The quantitative estimate of drug-likeness (QED) is 0.449. The zero-order valence-electron chi connectivity index (χ0n) is 15.0. The van der Waals surface area contributed by atoms with Crippen molar-refractivity contribution in [2.75, 3.05) is 6.61 Å². The molecule has 5 nitrogen and oxygen atoms in total. The van der Waals surface area contributed by atoms with E-state index in [0.29, 0.717) is 5.56 Å². The van der Waals surface area contributed by atoms with Crippen LogP contribution in [0.4, 0.5) is 0 Å². The smallest absolute Gasteiger partial charge is 0.315 e. The highest BCUT2D eigenvalue weighted by atomic mass is 16.5. The lowest BCUT2D eigenvalue weighted by atomic mass is 9.97. The Hall–Kier alpha value is -2.95.